The molecule has 22 heavy (non-hydrogen) atoms. The number of primary amides is 1. The van der Waals surface area contributed by atoms with Gasteiger partial charge in [-0.05, 0) is 31.0 Å². The fourth-order valence-electron chi connectivity index (χ4n) is 2.46. The normalized spacial score (nSPS) is 20.1. The number of hydrogen-bond acceptors (Lipinski definition) is 3. The maximum absolute atomic E-state index is 12.3. The van der Waals surface area contributed by atoms with Crippen molar-refractivity contribution in [3.63, 3.8) is 0 Å². The van der Waals surface area contributed by atoms with Gasteiger partial charge in [0.15, 0.2) is 0 Å². The third-order valence-electron chi connectivity index (χ3n) is 3.99. The van der Waals surface area contributed by atoms with Crippen LogP contribution in [-0.4, -0.2) is 37.0 Å². The zero-order valence-electron chi connectivity index (χ0n) is 12.6. The highest BCUT2D eigenvalue weighted by Crippen LogP contribution is 2.31. The Labute approximate surface area is 134 Å². The quantitative estimate of drug-likeness (QED) is 0.870. The van der Waals surface area contributed by atoms with E-state index in [-0.39, 0.29) is 23.9 Å². The number of carbonyl (C=O) groups is 2. The van der Waals surface area contributed by atoms with Crippen LogP contribution < -0.4 is 11.1 Å². The number of rotatable bonds is 5. The van der Waals surface area contributed by atoms with Crippen LogP contribution in [-0.2, 0) is 16.1 Å². The van der Waals surface area contributed by atoms with Gasteiger partial charge >= 0.3 is 6.03 Å². The fraction of sp³-hybridized carbons (Fsp3) is 0.467. The van der Waals surface area contributed by atoms with E-state index in [0.29, 0.717) is 30.2 Å². The Bertz CT molecular complexity index is 573. The van der Waals surface area contributed by atoms with E-state index in [0.717, 1.165) is 5.56 Å². The second-order valence-corrected chi connectivity index (χ2v) is 5.94. The molecule has 1 aromatic carbocycles. The number of amides is 3. The Kier molecular flexibility index (Phi) is 5.26. The minimum atomic E-state index is -0.301. The van der Waals surface area contributed by atoms with Gasteiger partial charge in [0.25, 0.3) is 0 Å². The molecule has 0 aliphatic heterocycles. The van der Waals surface area contributed by atoms with Gasteiger partial charge in [0.1, 0.15) is 0 Å². The third-order valence-corrected chi connectivity index (χ3v) is 4.23. The number of hydrogen-bond donors (Lipinski definition) is 2. The topological polar surface area (TPSA) is 84.7 Å². The van der Waals surface area contributed by atoms with Crippen LogP contribution in [0.3, 0.4) is 0 Å². The molecule has 0 heterocycles. The molecule has 0 radical (unpaired) electrons. The molecule has 0 saturated heterocycles. The molecule has 3 N–H and O–H groups in total. The van der Waals surface area contributed by atoms with Gasteiger partial charge in [-0.25, -0.2) is 4.79 Å². The summed E-state index contributed by atoms with van der Waals surface area (Å²) in [7, 11) is 3.29. The summed E-state index contributed by atoms with van der Waals surface area (Å²) in [6.45, 7) is 0.354. The molecule has 0 aromatic heterocycles. The van der Waals surface area contributed by atoms with Crippen LogP contribution in [0.1, 0.15) is 18.4 Å². The standard InChI is InChI=1S/C15H20ClN3O3/c1-19(12-6-9(7-12)14(17)20)15(21)18-13-4-3-11(16)5-10(13)8-22-2/h3-5,9,12H,6-8H2,1-2H3,(H2,17,20)(H,18,21). The summed E-state index contributed by atoms with van der Waals surface area (Å²) in [4.78, 5) is 24.9. The summed E-state index contributed by atoms with van der Waals surface area (Å²) < 4.78 is 5.11. The Balaban J connectivity index is 1.98. The van der Waals surface area contributed by atoms with E-state index in [9.17, 15) is 9.59 Å². The molecule has 1 saturated carbocycles. The number of anilines is 1. The lowest BCUT2D eigenvalue weighted by Crippen LogP contribution is -2.50. The molecule has 1 aliphatic rings. The molecule has 6 nitrogen and oxygen atoms in total. The van der Waals surface area contributed by atoms with Gasteiger partial charge in [-0.15, -0.1) is 0 Å². The lowest BCUT2D eigenvalue weighted by atomic mass is 9.79. The molecule has 1 aromatic rings. The van der Waals surface area contributed by atoms with Gasteiger partial charge in [-0.3, -0.25) is 4.79 Å². The number of nitrogens with one attached hydrogen (secondary N) is 1. The van der Waals surface area contributed by atoms with Crippen molar-refractivity contribution >= 4 is 29.2 Å². The summed E-state index contributed by atoms with van der Waals surface area (Å²) >= 11 is 5.96. The minimum Gasteiger partial charge on any atom is -0.380 e. The number of ether oxygens (including phenoxy) is 1. The average molecular weight is 326 g/mol. The number of benzene rings is 1. The van der Waals surface area contributed by atoms with Gasteiger partial charge in [0.05, 0.1) is 6.61 Å². The van der Waals surface area contributed by atoms with Crippen LogP contribution in [0, 0.1) is 5.92 Å². The maximum atomic E-state index is 12.3. The smallest absolute Gasteiger partial charge is 0.321 e. The highest BCUT2D eigenvalue weighted by atomic mass is 35.5. The number of carbonyl (C=O) groups excluding carboxylic acids is 2. The maximum Gasteiger partial charge on any atom is 0.321 e. The average Bonchev–Trinajstić information content (AvgIpc) is 2.39. The van der Waals surface area contributed by atoms with Gasteiger partial charge in [0.2, 0.25) is 5.91 Å². The van der Waals surface area contributed by atoms with E-state index in [2.05, 4.69) is 5.32 Å². The van der Waals surface area contributed by atoms with Gasteiger partial charge in [-0.2, -0.15) is 0 Å². The zero-order chi connectivity index (χ0) is 16.3. The van der Waals surface area contributed by atoms with Crippen LogP contribution in [0.5, 0.6) is 0 Å². The molecule has 2 rings (SSSR count). The summed E-state index contributed by atoms with van der Waals surface area (Å²) in [5.41, 5.74) is 6.71. The second kappa shape index (κ2) is 6.98. The highest BCUT2D eigenvalue weighted by Gasteiger charge is 2.37. The van der Waals surface area contributed by atoms with Crippen LogP contribution in [0.15, 0.2) is 18.2 Å². The van der Waals surface area contributed by atoms with Crippen molar-refractivity contribution in [2.24, 2.45) is 11.7 Å². The van der Waals surface area contributed by atoms with E-state index in [1.807, 2.05) is 0 Å². The van der Waals surface area contributed by atoms with E-state index in [1.54, 1.807) is 37.3 Å². The predicted octanol–water partition coefficient (Wildman–Crippen LogP) is 2.21. The molecule has 0 spiro atoms. The van der Waals surface area contributed by atoms with E-state index in [4.69, 9.17) is 22.1 Å². The molecular formula is C15H20ClN3O3. The second-order valence-electron chi connectivity index (χ2n) is 5.50. The fourth-order valence-corrected chi connectivity index (χ4v) is 2.66. The molecule has 0 unspecified atom stereocenters. The summed E-state index contributed by atoms with van der Waals surface area (Å²) in [6.07, 6.45) is 1.23. The number of methoxy groups -OCH3 is 1. The number of nitrogens with two attached hydrogens (primary N) is 1. The zero-order valence-corrected chi connectivity index (χ0v) is 13.4. The van der Waals surface area contributed by atoms with Crippen LogP contribution in [0.25, 0.3) is 0 Å². The van der Waals surface area contributed by atoms with Gasteiger partial charge in [0, 0.05) is 42.4 Å². The van der Waals surface area contributed by atoms with E-state index >= 15 is 0 Å². The van der Waals surface area contributed by atoms with Crippen molar-refractivity contribution in [3.8, 4) is 0 Å². The molecule has 1 fully saturated rings. The van der Waals surface area contributed by atoms with Crippen LogP contribution in [0.2, 0.25) is 5.02 Å². The molecule has 0 atom stereocenters. The summed E-state index contributed by atoms with van der Waals surface area (Å²) in [5.74, 6) is -0.426. The number of halogens is 1. The van der Waals surface area contributed by atoms with E-state index < -0.39 is 0 Å². The third kappa shape index (κ3) is 3.69. The van der Waals surface area contributed by atoms with Gasteiger partial charge < -0.3 is 20.7 Å². The minimum absolute atomic E-state index is 0.0377. The molecule has 3 amide bonds. The molecule has 1 aliphatic carbocycles. The first-order valence-corrected chi connectivity index (χ1v) is 7.40. The monoisotopic (exact) mass is 325 g/mol. The van der Waals surface area contributed by atoms with Crippen LogP contribution in [0.4, 0.5) is 10.5 Å². The highest BCUT2D eigenvalue weighted by molar-refractivity contribution is 6.30. The first-order chi connectivity index (χ1) is 10.4. The first-order valence-electron chi connectivity index (χ1n) is 7.03. The Hall–Kier alpha value is -1.79. The van der Waals surface area contributed by atoms with Crippen molar-refractivity contribution < 1.29 is 14.3 Å². The predicted molar refractivity (Wildman–Crippen MR) is 84.7 cm³/mol. The first kappa shape index (κ1) is 16.6. The Morgan fingerprint density at radius 3 is 2.73 bits per heavy atom. The number of nitrogens with zero attached hydrogens (tertiary/aromatic N) is 1. The molecule has 0 bridgehead atoms. The van der Waals surface area contributed by atoms with E-state index in [1.165, 1.54) is 0 Å². The van der Waals surface area contributed by atoms with Crippen molar-refractivity contribution in [2.75, 3.05) is 19.5 Å². The SMILES string of the molecule is COCc1cc(Cl)ccc1NC(=O)N(C)C1CC(C(N)=O)C1. The largest absolute Gasteiger partial charge is 0.380 e. The van der Waals surface area contributed by atoms with Gasteiger partial charge in [-0.1, -0.05) is 11.6 Å². The molecule has 120 valence electrons. The Morgan fingerprint density at radius 2 is 2.14 bits per heavy atom. The van der Waals surface area contributed by atoms with Crippen molar-refractivity contribution in [3.05, 3.63) is 28.8 Å². The summed E-state index contributed by atoms with van der Waals surface area (Å²) in [6, 6.07) is 5.02. The van der Waals surface area contributed by atoms with Crippen molar-refractivity contribution in [2.45, 2.75) is 25.5 Å². The van der Waals surface area contributed by atoms with Crippen LogP contribution >= 0.6 is 11.6 Å². The molecular weight excluding hydrogens is 306 g/mol. The lowest BCUT2D eigenvalue weighted by Gasteiger charge is -2.39. The van der Waals surface area contributed by atoms with Crippen molar-refractivity contribution in [1.29, 1.82) is 0 Å². The Morgan fingerprint density at radius 1 is 1.45 bits per heavy atom. The molecule has 7 heteroatoms. The summed E-state index contributed by atoms with van der Waals surface area (Å²) in [5, 5.41) is 3.43. The van der Waals surface area contributed by atoms with Crippen molar-refractivity contribution in [1.82, 2.24) is 4.90 Å². The number of urea groups is 1. The lowest BCUT2D eigenvalue weighted by molar-refractivity contribution is -0.125.